The lowest BCUT2D eigenvalue weighted by molar-refractivity contribution is -0.137. The van der Waals surface area contributed by atoms with E-state index in [0.29, 0.717) is 13.0 Å². The molecule has 1 saturated heterocycles. The van der Waals surface area contributed by atoms with E-state index >= 15 is 0 Å². The van der Waals surface area contributed by atoms with Crippen LogP contribution < -0.4 is 10.6 Å². The highest BCUT2D eigenvalue weighted by Gasteiger charge is 2.19. The Morgan fingerprint density at radius 1 is 1.73 bits per heavy atom. The molecule has 1 amide bonds. The molecule has 1 rings (SSSR count). The van der Waals surface area contributed by atoms with Crippen LogP contribution in [0.15, 0.2) is 0 Å². The monoisotopic (exact) mass is 158 g/mol. The van der Waals surface area contributed by atoms with Crippen molar-refractivity contribution in [3.63, 3.8) is 0 Å². The molecule has 1 atom stereocenters. The van der Waals surface area contributed by atoms with Crippen LogP contribution in [0.2, 0.25) is 0 Å². The largest absolute Gasteiger partial charge is 0.481 e. The third-order valence-electron chi connectivity index (χ3n) is 1.49. The zero-order valence-electron chi connectivity index (χ0n) is 5.96. The fourth-order valence-corrected chi connectivity index (χ4v) is 0.954. The molecule has 0 aromatic heterocycles. The summed E-state index contributed by atoms with van der Waals surface area (Å²) in [7, 11) is 0. The van der Waals surface area contributed by atoms with Crippen LogP contribution in [0.3, 0.4) is 0 Å². The number of carboxylic acid groups (broad SMARTS) is 1. The van der Waals surface area contributed by atoms with Crippen molar-refractivity contribution in [3.05, 3.63) is 0 Å². The van der Waals surface area contributed by atoms with E-state index in [1.165, 1.54) is 0 Å². The summed E-state index contributed by atoms with van der Waals surface area (Å²) in [6.07, 6.45) is 0.373. The summed E-state index contributed by atoms with van der Waals surface area (Å²) in [5.41, 5.74) is 0. The van der Waals surface area contributed by atoms with Gasteiger partial charge in [-0.25, -0.2) is 0 Å². The van der Waals surface area contributed by atoms with Crippen LogP contribution in [0.4, 0.5) is 0 Å². The minimum atomic E-state index is -0.840. The lowest BCUT2D eigenvalue weighted by atomic mass is 10.2. The van der Waals surface area contributed by atoms with Gasteiger partial charge in [0.25, 0.3) is 0 Å². The maximum Gasteiger partial charge on any atom is 0.303 e. The number of carbonyl (C=O) groups excluding carboxylic acids is 1. The van der Waals surface area contributed by atoms with Crippen LogP contribution >= 0.6 is 0 Å². The van der Waals surface area contributed by atoms with Crippen molar-refractivity contribution >= 4 is 11.9 Å². The molecule has 5 heteroatoms. The first-order chi connectivity index (χ1) is 5.18. The second kappa shape index (κ2) is 3.34. The van der Waals surface area contributed by atoms with E-state index < -0.39 is 5.97 Å². The van der Waals surface area contributed by atoms with Crippen molar-refractivity contribution in [1.82, 2.24) is 10.6 Å². The maximum absolute atomic E-state index is 10.6. The summed E-state index contributed by atoms with van der Waals surface area (Å²) in [6, 6.07) is 0. The van der Waals surface area contributed by atoms with Crippen molar-refractivity contribution in [2.45, 2.75) is 19.0 Å². The second-order valence-electron chi connectivity index (χ2n) is 2.43. The SMILES string of the molecule is O=C(O)CCC1NCC(=O)N1. The van der Waals surface area contributed by atoms with Gasteiger partial charge < -0.3 is 10.4 Å². The highest BCUT2D eigenvalue weighted by Crippen LogP contribution is 1.97. The fraction of sp³-hybridized carbons (Fsp3) is 0.667. The van der Waals surface area contributed by atoms with Crippen molar-refractivity contribution < 1.29 is 14.7 Å². The van der Waals surface area contributed by atoms with Crippen LogP contribution in [0, 0.1) is 0 Å². The summed E-state index contributed by atoms with van der Waals surface area (Å²) in [5, 5.41) is 13.7. The van der Waals surface area contributed by atoms with Crippen LogP contribution in [0.1, 0.15) is 12.8 Å². The van der Waals surface area contributed by atoms with E-state index in [-0.39, 0.29) is 18.5 Å². The van der Waals surface area contributed by atoms with E-state index in [4.69, 9.17) is 5.11 Å². The fourth-order valence-electron chi connectivity index (χ4n) is 0.954. The molecule has 11 heavy (non-hydrogen) atoms. The predicted molar refractivity (Wildman–Crippen MR) is 36.8 cm³/mol. The minimum Gasteiger partial charge on any atom is -0.481 e. The number of hydrogen-bond donors (Lipinski definition) is 3. The molecule has 5 nitrogen and oxygen atoms in total. The molecule has 0 aliphatic carbocycles. The molecule has 0 aromatic rings. The van der Waals surface area contributed by atoms with Crippen molar-refractivity contribution in [1.29, 1.82) is 0 Å². The Labute approximate surface area is 63.8 Å². The number of rotatable bonds is 3. The second-order valence-corrected chi connectivity index (χ2v) is 2.43. The molecule has 1 unspecified atom stereocenters. The summed E-state index contributed by atoms with van der Waals surface area (Å²) < 4.78 is 0. The molecular formula is C6H10N2O3. The highest BCUT2D eigenvalue weighted by molar-refractivity contribution is 5.80. The summed E-state index contributed by atoms with van der Waals surface area (Å²) in [4.78, 5) is 20.7. The van der Waals surface area contributed by atoms with Gasteiger partial charge in [0.1, 0.15) is 0 Å². The first-order valence-corrected chi connectivity index (χ1v) is 3.43. The molecule has 0 bridgehead atoms. The van der Waals surface area contributed by atoms with Gasteiger partial charge in [-0.2, -0.15) is 0 Å². The quantitative estimate of drug-likeness (QED) is 0.487. The van der Waals surface area contributed by atoms with Crippen LogP contribution in [-0.4, -0.2) is 29.7 Å². The van der Waals surface area contributed by atoms with E-state index in [9.17, 15) is 9.59 Å². The molecular weight excluding hydrogens is 148 g/mol. The normalized spacial score (nSPS) is 23.3. The van der Waals surface area contributed by atoms with Gasteiger partial charge in [-0.15, -0.1) is 0 Å². The number of aliphatic carboxylic acids is 1. The molecule has 0 radical (unpaired) electrons. The third-order valence-corrected chi connectivity index (χ3v) is 1.49. The predicted octanol–water partition coefficient (Wildman–Crippen LogP) is -1.10. The van der Waals surface area contributed by atoms with E-state index in [1.54, 1.807) is 0 Å². The topological polar surface area (TPSA) is 78.4 Å². The first kappa shape index (κ1) is 8.00. The Kier molecular flexibility index (Phi) is 2.43. The number of amides is 1. The van der Waals surface area contributed by atoms with Crippen molar-refractivity contribution in [3.8, 4) is 0 Å². The molecule has 1 aliphatic rings. The summed E-state index contributed by atoms with van der Waals surface area (Å²) >= 11 is 0. The van der Waals surface area contributed by atoms with E-state index in [1.807, 2.05) is 0 Å². The summed E-state index contributed by atoms with van der Waals surface area (Å²) in [6.45, 7) is 0.296. The molecule has 1 aliphatic heterocycles. The molecule has 62 valence electrons. The van der Waals surface area contributed by atoms with Gasteiger partial charge in [0, 0.05) is 6.42 Å². The smallest absolute Gasteiger partial charge is 0.303 e. The van der Waals surface area contributed by atoms with Crippen LogP contribution in [0.25, 0.3) is 0 Å². The molecule has 0 saturated carbocycles. The van der Waals surface area contributed by atoms with Crippen molar-refractivity contribution in [2.75, 3.05) is 6.54 Å². The first-order valence-electron chi connectivity index (χ1n) is 3.43. The number of hydrogen-bond acceptors (Lipinski definition) is 3. The Hall–Kier alpha value is -1.10. The van der Waals surface area contributed by atoms with Gasteiger partial charge in [-0.1, -0.05) is 0 Å². The number of nitrogens with one attached hydrogen (secondary N) is 2. The number of carbonyl (C=O) groups is 2. The van der Waals surface area contributed by atoms with Gasteiger partial charge in [0.05, 0.1) is 12.7 Å². The minimum absolute atomic E-state index is 0.0691. The molecule has 1 heterocycles. The molecule has 3 N–H and O–H groups in total. The van der Waals surface area contributed by atoms with Gasteiger partial charge in [-0.05, 0) is 6.42 Å². The zero-order valence-corrected chi connectivity index (χ0v) is 5.96. The average molecular weight is 158 g/mol. The van der Waals surface area contributed by atoms with E-state index in [0.717, 1.165) is 0 Å². The van der Waals surface area contributed by atoms with E-state index in [2.05, 4.69) is 10.6 Å². The molecule has 0 aromatic carbocycles. The Bertz CT molecular complexity index is 181. The highest BCUT2D eigenvalue weighted by atomic mass is 16.4. The molecule has 0 spiro atoms. The Balaban J connectivity index is 2.18. The Morgan fingerprint density at radius 3 is 2.91 bits per heavy atom. The maximum atomic E-state index is 10.6. The van der Waals surface area contributed by atoms with Crippen molar-refractivity contribution in [2.24, 2.45) is 0 Å². The zero-order chi connectivity index (χ0) is 8.27. The van der Waals surface area contributed by atoms with Crippen LogP contribution in [-0.2, 0) is 9.59 Å². The van der Waals surface area contributed by atoms with Gasteiger partial charge in [0.15, 0.2) is 0 Å². The van der Waals surface area contributed by atoms with Crippen LogP contribution in [0.5, 0.6) is 0 Å². The average Bonchev–Trinajstić information content (AvgIpc) is 2.31. The summed E-state index contributed by atoms with van der Waals surface area (Å²) in [5.74, 6) is -0.909. The molecule has 1 fully saturated rings. The standard InChI is InChI=1S/C6H10N2O3/c9-5-3-7-4(8-5)1-2-6(10)11/h4,7H,1-3H2,(H,8,9)(H,10,11). The van der Waals surface area contributed by atoms with Gasteiger partial charge >= 0.3 is 5.97 Å². The van der Waals surface area contributed by atoms with Gasteiger partial charge in [0.2, 0.25) is 5.91 Å². The van der Waals surface area contributed by atoms with Gasteiger partial charge in [-0.3, -0.25) is 14.9 Å². The lowest BCUT2D eigenvalue weighted by Gasteiger charge is -2.06. The third kappa shape index (κ3) is 2.55. The Morgan fingerprint density at radius 2 is 2.45 bits per heavy atom. The number of carboxylic acids is 1. The lowest BCUT2D eigenvalue weighted by Crippen LogP contribution is -2.32.